The molecule has 0 aliphatic heterocycles. The number of rotatable bonds is 3. The summed E-state index contributed by atoms with van der Waals surface area (Å²) < 4.78 is 0. The molecule has 2 aromatic rings. The van der Waals surface area contributed by atoms with E-state index in [-0.39, 0.29) is 5.78 Å². The van der Waals surface area contributed by atoms with Crippen LogP contribution in [0.2, 0.25) is 0 Å². The molecule has 2 rings (SSSR count). The topological polar surface area (TPSA) is 34.1 Å². The van der Waals surface area contributed by atoms with Crippen molar-refractivity contribution in [1.29, 1.82) is 0 Å². The Labute approximate surface area is 93.5 Å². The number of benzene rings is 2. The molecule has 2 aromatic carbocycles. The molecule has 0 fully saturated rings. The second-order valence-electron chi connectivity index (χ2n) is 3.40. The number of hydrogen-bond donors (Lipinski definition) is 0. The van der Waals surface area contributed by atoms with E-state index in [1.54, 1.807) is 48.5 Å². The second kappa shape index (κ2) is 4.53. The minimum atomic E-state index is -0.122. The highest BCUT2D eigenvalue weighted by Crippen LogP contribution is 2.12. The lowest BCUT2D eigenvalue weighted by atomic mass is 10.0. The van der Waals surface area contributed by atoms with Gasteiger partial charge in [-0.1, -0.05) is 54.6 Å². The molecular formula is C14H10O2. The summed E-state index contributed by atoms with van der Waals surface area (Å²) in [4.78, 5) is 22.9. The number of ketones is 1. The summed E-state index contributed by atoms with van der Waals surface area (Å²) in [6, 6.07) is 15.7. The first-order chi connectivity index (χ1) is 7.83. The standard InChI is InChI=1S/C14H10O2/c15-10-12-8-4-5-9-13(12)14(16)11-6-2-1-3-7-11/h1-10H/i10+1. The Balaban J connectivity index is 2.46. The summed E-state index contributed by atoms with van der Waals surface area (Å²) in [5.74, 6) is -0.122. The van der Waals surface area contributed by atoms with Gasteiger partial charge in [-0.15, -0.1) is 0 Å². The maximum atomic E-state index is 12.1. The highest BCUT2D eigenvalue weighted by Gasteiger charge is 2.11. The van der Waals surface area contributed by atoms with Gasteiger partial charge in [0, 0.05) is 16.7 Å². The maximum Gasteiger partial charge on any atom is 0.193 e. The van der Waals surface area contributed by atoms with Gasteiger partial charge in [0.15, 0.2) is 12.1 Å². The first-order valence-corrected chi connectivity index (χ1v) is 4.97. The highest BCUT2D eigenvalue weighted by atomic mass is 16.2. The monoisotopic (exact) mass is 211 g/mol. The number of carbonyl (C=O) groups excluding carboxylic acids is 2. The van der Waals surface area contributed by atoms with Crippen molar-refractivity contribution < 1.29 is 9.59 Å². The van der Waals surface area contributed by atoms with Crippen LogP contribution >= 0.6 is 0 Å². The zero-order chi connectivity index (χ0) is 11.4. The molecule has 0 saturated heterocycles. The molecule has 16 heavy (non-hydrogen) atoms. The Bertz CT molecular complexity index is 515. The molecule has 78 valence electrons. The van der Waals surface area contributed by atoms with Gasteiger partial charge in [0.25, 0.3) is 0 Å². The molecule has 0 radical (unpaired) electrons. The molecule has 0 aromatic heterocycles. The smallest absolute Gasteiger partial charge is 0.193 e. The van der Waals surface area contributed by atoms with Crippen LogP contribution in [0.5, 0.6) is 0 Å². The Morgan fingerprint density at radius 2 is 1.50 bits per heavy atom. The van der Waals surface area contributed by atoms with Crippen molar-refractivity contribution in [2.45, 2.75) is 0 Å². The number of aldehydes is 1. The fraction of sp³-hybridized carbons (Fsp3) is 0. The van der Waals surface area contributed by atoms with E-state index in [1.165, 1.54) is 0 Å². The molecule has 2 heteroatoms. The average molecular weight is 211 g/mol. The van der Waals surface area contributed by atoms with E-state index in [0.29, 0.717) is 23.0 Å². The molecule has 0 atom stereocenters. The van der Waals surface area contributed by atoms with Crippen LogP contribution in [0.1, 0.15) is 26.3 Å². The molecule has 0 amide bonds. The third kappa shape index (κ3) is 1.91. The van der Waals surface area contributed by atoms with E-state index in [1.807, 2.05) is 6.07 Å². The van der Waals surface area contributed by atoms with Gasteiger partial charge in [0.1, 0.15) is 0 Å². The van der Waals surface area contributed by atoms with Crippen molar-refractivity contribution >= 4 is 12.1 Å². The van der Waals surface area contributed by atoms with E-state index in [4.69, 9.17) is 0 Å². The molecule has 0 N–H and O–H groups in total. The van der Waals surface area contributed by atoms with Crippen LogP contribution in [0.4, 0.5) is 0 Å². The molecular weight excluding hydrogens is 201 g/mol. The van der Waals surface area contributed by atoms with Gasteiger partial charge in [0.05, 0.1) is 0 Å². The average Bonchev–Trinajstić information content (AvgIpc) is 2.39. The Morgan fingerprint density at radius 3 is 2.19 bits per heavy atom. The van der Waals surface area contributed by atoms with Crippen molar-refractivity contribution in [3.8, 4) is 0 Å². The van der Waals surface area contributed by atoms with Crippen molar-refractivity contribution in [3.05, 3.63) is 71.3 Å². The van der Waals surface area contributed by atoms with Gasteiger partial charge in [-0.3, -0.25) is 9.59 Å². The summed E-state index contributed by atoms with van der Waals surface area (Å²) in [5.41, 5.74) is 1.47. The van der Waals surface area contributed by atoms with Gasteiger partial charge < -0.3 is 0 Å². The van der Waals surface area contributed by atoms with Crippen LogP contribution in [0.25, 0.3) is 0 Å². The molecule has 0 aliphatic rings. The molecule has 0 unspecified atom stereocenters. The Kier molecular flexibility index (Phi) is 2.92. The molecule has 0 bridgehead atoms. The minimum absolute atomic E-state index is 0.122. The molecule has 0 aliphatic carbocycles. The first kappa shape index (κ1) is 10.3. The quantitative estimate of drug-likeness (QED) is 0.444. The first-order valence-electron chi connectivity index (χ1n) is 4.97. The molecule has 0 spiro atoms. The van der Waals surface area contributed by atoms with Crippen LogP contribution in [0.3, 0.4) is 0 Å². The van der Waals surface area contributed by atoms with E-state index in [2.05, 4.69) is 0 Å². The van der Waals surface area contributed by atoms with Gasteiger partial charge in [-0.05, 0) is 0 Å². The lowest BCUT2D eigenvalue weighted by Gasteiger charge is -2.03. The SMILES string of the molecule is O=[13CH]c1ccccc1C(=O)c1ccccc1. The third-order valence-electron chi connectivity index (χ3n) is 2.37. The van der Waals surface area contributed by atoms with E-state index >= 15 is 0 Å². The second-order valence-corrected chi connectivity index (χ2v) is 3.40. The Hall–Kier alpha value is -2.22. The van der Waals surface area contributed by atoms with E-state index < -0.39 is 0 Å². The van der Waals surface area contributed by atoms with Crippen LogP contribution in [-0.2, 0) is 0 Å². The minimum Gasteiger partial charge on any atom is -0.298 e. The highest BCUT2D eigenvalue weighted by molar-refractivity contribution is 6.12. The summed E-state index contributed by atoms with van der Waals surface area (Å²) in [6.07, 6.45) is 0.705. The normalized spacial score (nSPS) is 9.75. The Morgan fingerprint density at radius 1 is 0.875 bits per heavy atom. The van der Waals surface area contributed by atoms with Crippen molar-refractivity contribution in [2.75, 3.05) is 0 Å². The lowest BCUT2D eigenvalue weighted by Crippen LogP contribution is -2.04. The van der Waals surface area contributed by atoms with Crippen molar-refractivity contribution in [2.24, 2.45) is 0 Å². The van der Waals surface area contributed by atoms with Crippen LogP contribution in [0.15, 0.2) is 54.6 Å². The van der Waals surface area contributed by atoms with E-state index in [0.717, 1.165) is 0 Å². The van der Waals surface area contributed by atoms with Gasteiger partial charge in [-0.2, -0.15) is 0 Å². The van der Waals surface area contributed by atoms with Crippen LogP contribution in [0, 0.1) is 0 Å². The predicted molar refractivity (Wildman–Crippen MR) is 61.7 cm³/mol. The number of carbonyl (C=O) groups is 2. The summed E-state index contributed by atoms with van der Waals surface area (Å²) in [7, 11) is 0. The fourth-order valence-electron chi connectivity index (χ4n) is 1.55. The van der Waals surface area contributed by atoms with E-state index in [9.17, 15) is 9.59 Å². The van der Waals surface area contributed by atoms with Gasteiger partial charge in [0.2, 0.25) is 0 Å². The fourth-order valence-corrected chi connectivity index (χ4v) is 1.55. The van der Waals surface area contributed by atoms with Gasteiger partial charge >= 0.3 is 0 Å². The van der Waals surface area contributed by atoms with Crippen molar-refractivity contribution in [3.63, 3.8) is 0 Å². The predicted octanol–water partition coefficient (Wildman–Crippen LogP) is 2.73. The summed E-state index contributed by atoms with van der Waals surface area (Å²) >= 11 is 0. The zero-order valence-corrected chi connectivity index (χ0v) is 8.59. The zero-order valence-electron chi connectivity index (χ0n) is 8.59. The number of hydrogen-bond acceptors (Lipinski definition) is 2. The maximum absolute atomic E-state index is 12.1. The summed E-state index contributed by atoms with van der Waals surface area (Å²) in [6.45, 7) is 0. The molecule has 0 saturated carbocycles. The van der Waals surface area contributed by atoms with Gasteiger partial charge in [-0.25, -0.2) is 0 Å². The molecule has 0 heterocycles. The van der Waals surface area contributed by atoms with Crippen LogP contribution < -0.4 is 0 Å². The van der Waals surface area contributed by atoms with Crippen LogP contribution in [-0.4, -0.2) is 12.1 Å². The van der Waals surface area contributed by atoms with Crippen molar-refractivity contribution in [1.82, 2.24) is 0 Å². The summed E-state index contributed by atoms with van der Waals surface area (Å²) in [5, 5.41) is 0. The largest absolute Gasteiger partial charge is 0.298 e. The third-order valence-corrected chi connectivity index (χ3v) is 2.37. The molecule has 2 nitrogen and oxygen atoms in total. The lowest BCUT2D eigenvalue weighted by molar-refractivity contribution is 0.102.